The Morgan fingerprint density at radius 1 is 1.00 bits per heavy atom. The van der Waals surface area contributed by atoms with Crippen molar-refractivity contribution in [1.29, 1.82) is 0 Å². The van der Waals surface area contributed by atoms with E-state index < -0.39 is 0 Å². The highest BCUT2D eigenvalue weighted by Crippen LogP contribution is 2.35. The van der Waals surface area contributed by atoms with Gasteiger partial charge in [0.15, 0.2) is 0 Å². The van der Waals surface area contributed by atoms with E-state index in [2.05, 4.69) is 10.2 Å². The van der Waals surface area contributed by atoms with Crippen molar-refractivity contribution in [2.45, 2.75) is 26.7 Å². The van der Waals surface area contributed by atoms with E-state index in [4.69, 9.17) is 0 Å². The minimum atomic E-state index is -0.208. The van der Waals surface area contributed by atoms with Gasteiger partial charge in [-0.1, -0.05) is 26.0 Å². The Kier molecular flexibility index (Phi) is 3.17. The molecule has 7 nitrogen and oxygen atoms in total. The lowest BCUT2D eigenvalue weighted by Crippen LogP contribution is -2.53. The van der Waals surface area contributed by atoms with Crippen LogP contribution in [0, 0.1) is 0 Å². The fourth-order valence-corrected chi connectivity index (χ4v) is 2.36. The number of carbonyl (C=O) groups excluding carboxylic acids is 2. The fraction of sp³-hybridized carbons (Fsp3) is 0.286. The van der Waals surface area contributed by atoms with Gasteiger partial charge < -0.3 is 0 Å². The highest BCUT2D eigenvalue weighted by Gasteiger charge is 2.36. The summed E-state index contributed by atoms with van der Waals surface area (Å²) in [5, 5.41) is 10.6. The Bertz CT molecular complexity index is 709. The number of hydrogen-bond donors (Lipinski definition) is 0. The first-order chi connectivity index (χ1) is 10.2. The van der Waals surface area contributed by atoms with Crippen molar-refractivity contribution in [3.8, 4) is 5.69 Å². The topological polar surface area (TPSA) is 71.3 Å². The Hall–Kier alpha value is -2.70. The maximum atomic E-state index is 12.4. The lowest BCUT2D eigenvalue weighted by atomic mass is 10.2. The molecule has 0 bridgehead atoms. The maximum absolute atomic E-state index is 12.4. The Balaban J connectivity index is 2.26. The predicted octanol–water partition coefficient (Wildman–Crippen LogP) is 1.68. The average Bonchev–Trinajstić information content (AvgIpc) is 3.01. The van der Waals surface area contributed by atoms with Crippen LogP contribution in [0.4, 0.5) is 11.6 Å². The minimum absolute atomic E-state index is 0.168. The van der Waals surface area contributed by atoms with Crippen LogP contribution in [0.5, 0.6) is 0 Å². The number of para-hydroxylation sites is 2. The molecular weight excluding hydrogens is 270 g/mol. The number of hydrazine groups is 1. The molecule has 1 aliphatic rings. The first-order valence-electron chi connectivity index (χ1n) is 6.84. The van der Waals surface area contributed by atoms with Gasteiger partial charge in [0.1, 0.15) is 6.33 Å². The highest BCUT2D eigenvalue weighted by atomic mass is 16.2. The SMILES string of the molecule is CCC(=O)N1c2ccccc2-n2cnnc2N1C(=O)CC. The number of hydrogen-bond acceptors (Lipinski definition) is 4. The zero-order valence-corrected chi connectivity index (χ0v) is 11.9. The Morgan fingerprint density at radius 2 is 1.62 bits per heavy atom. The summed E-state index contributed by atoms with van der Waals surface area (Å²) in [5.74, 6) is -0.0404. The van der Waals surface area contributed by atoms with Crippen molar-refractivity contribution in [2.24, 2.45) is 0 Å². The van der Waals surface area contributed by atoms with Gasteiger partial charge >= 0.3 is 0 Å². The van der Waals surface area contributed by atoms with Gasteiger partial charge in [-0.15, -0.1) is 10.2 Å². The number of rotatable bonds is 2. The van der Waals surface area contributed by atoms with Crippen LogP contribution in [0.15, 0.2) is 30.6 Å². The summed E-state index contributed by atoms with van der Waals surface area (Å²) in [4.78, 5) is 24.7. The number of benzene rings is 1. The molecule has 108 valence electrons. The van der Waals surface area contributed by atoms with E-state index in [9.17, 15) is 9.59 Å². The van der Waals surface area contributed by atoms with Crippen molar-refractivity contribution in [3.63, 3.8) is 0 Å². The van der Waals surface area contributed by atoms with Crippen LogP contribution < -0.4 is 10.0 Å². The molecule has 21 heavy (non-hydrogen) atoms. The molecule has 0 spiro atoms. The summed E-state index contributed by atoms with van der Waals surface area (Å²) in [6, 6.07) is 7.38. The number of fused-ring (bicyclic) bond motifs is 3. The van der Waals surface area contributed by atoms with Crippen LogP contribution in [0.25, 0.3) is 5.69 Å². The fourth-order valence-electron chi connectivity index (χ4n) is 2.36. The van der Waals surface area contributed by atoms with Crippen molar-refractivity contribution in [2.75, 3.05) is 10.0 Å². The first-order valence-corrected chi connectivity index (χ1v) is 6.84. The van der Waals surface area contributed by atoms with E-state index in [-0.39, 0.29) is 24.7 Å². The second-order valence-corrected chi connectivity index (χ2v) is 4.61. The first kappa shape index (κ1) is 13.3. The molecule has 2 amide bonds. The molecule has 0 fully saturated rings. The van der Waals surface area contributed by atoms with E-state index in [0.717, 1.165) is 5.69 Å². The van der Waals surface area contributed by atoms with Crippen LogP contribution in [-0.2, 0) is 9.59 Å². The number of amides is 2. The van der Waals surface area contributed by atoms with E-state index in [1.165, 1.54) is 16.3 Å². The van der Waals surface area contributed by atoms with Gasteiger partial charge in [-0.2, -0.15) is 5.01 Å². The third-order valence-electron chi connectivity index (χ3n) is 3.37. The predicted molar refractivity (Wildman–Crippen MR) is 76.9 cm³/mol. The van der Waals surface area contributed by atoms with Crippen LogP contribution in [0.3, 0.4) is 0 Å². The van der Waals surface area contributed by atoms with Crippen molar-refractivity contribution in [3.05, 3.63) is 30.6 Å². The van der Waals surface area contributed by atoms with Crippen molar-refractivity contribution >= 4 is 23.5 Å². The maximum Gasteiger partial charge on any atom is 0.258 e. The lowest BCUT2D eigenvalue weighted by Gasteiger charge is -2.38. The minimum Gasteiger partial charge on any atom is -0.273 e. The van der Waals surface area contributed by atoms with Gasteiger partial charge in [-0.25, -0.2) is 5.01 Å². The Morgan fingerprint density at radius 3 is 2.29 bits per heavy atom. The molecule has 7 heteroatoms. The van der Waals surface area contributed by atoms with E-state index in [0.29, 0.717) is 11.6 Å². The van der Waals surface area contributed by atoms with Crippen LogP contribution in [-0.4, -0.2) is 26.6 Å². The molecule has 1 aliphatic heterocycles. The summed E-state index contributed by atoms with van der Waals surface area (Å²) < 4.78 is 1.71. The molecule has 1 aromatic heterocycles. The number of aromatic nitrogens is 3. The van der Waals surface area contributed by atoms with Gasteiger partial charge in [-0.3, -0.25) is 14.2 Å². The lowest BCUT2D eigenvalue weighted by molar-refractivity contribution is -0.123. The smallest absolute Gasteiger partial charge is 0.258 e. The second-order valence-electron chi connectivity index (χ2n) is 4.61. The number of nitrogens with zero attached hydrogens (tertiary/aromatic N) is 5. The third-order valence-corrected chi connectivity index (χ3v) is 3.37. The largest absolute Gasteiger partial charge is 0.273 e. The molecule has 2 heterocycles. The van der Waals surface area contributed by atoms with Crippen molar-refractivity contribution < 1.29 is 9.59 Å². The van der Waals surface area contributed by atoms with Crippen LogP contribution >= 0.6 is 0 Å². The quantitative estimate of drug-likeness (QED) is 0.841. The van der Waals surface area contributed by atoms with Crippen LogP contribution in [0.2, 0.25) is 0 Å². The summed E-state index contributed by atoms with van der Waals surface area (Å²) in [6.45, 7) is 3.51. The molecule has 0 radical (unpaired) electrons. The third kappa shape index (κ3) is 1.89. The highest BCUT2D eigenvalue weighted by molar-refractivity contribution is 6.07. The molecule has 0 aliphatic carbocycles. The van der Waals surface area contributed by atoms with Gasteiger partial charge in [0.25, 0.3) is 5.95 Å². The molecule has 0 atom stereocenters. The van der Waals surface area contributed by atoms with Crippen molar-refractivity contribution in [1.82, 2.24) is 14.8 Å². The summed E-state index contributed by atoms with van der Waals surface area (Å²) in [7, 11) is 0. The van der Waals surface area contributed by atoms with Gasteiger partial charge in [0.05, 0.1) is 11.4 Å². The van der Waals surface area contributed by atoms with E-state index >= 15 is 0 Å². The van der Waals surface area contributed by atoms with E-state index in [1.54, 1.807) is 18.4 Å². The molecule has 1 aromatic carbocycles. The summed E-state index contributed by atoms with van der Waals surface area (Å²) in [6.07, 6.45) is 2.09. The molecule has 0 N–H and O–H groups in total. The Labute approximate surface area is 121 Å². The molecule has 0 saturated heterocycles. The molecule has 0 unspecified atom stereocenters. The number of carbonyl (C=O) groups is 2. The van der Waals surface area contributed by atoms with Gasteiger partial charge in [-0.05, 0) is 12.1 Å². The molecule has 0 saturated carbocycles. The molecular formula is C14H15N5O2. The zero-order valence-electron chi connectivity index (χ0n) is 11.9. The summed E-state index contributed by atoms with van der Waals surface area (Å²) in [5.41, 5.74) is 1.43. The van der Waals surface area contributed by atoms with Gasteiger partial charge in [0.2, 0.25) is 11.8 Å². The zero-order chi connectivity index (χ0) is 15.0. The molecule has 2 aromatic rings. The normalized spacial score (nSPS) is 12.9. The van der Waals surface area contributed by atoms with Crippen LogP contribution in [0.1, 0.15) is 26.7 Å². The number of anilines is 2. The molecule has 3 rings (SSSR count). The second kappa shape index (κ2) is 5.01. The standard InChI is InChI=1S/C14H15N5O2/c1-3-12(20)18-11-8-6-5-7-10(11)17-9-15-16-14(17)19(18)13(21)4-2/h5-9H,3-4H2,1-2H3. The average molecular weight is 285 g/mol. The van der Waals surface area contributed by atoms with Gasteiger partial charge in [0, 0.05) is 12.8 Å². The monoisotopic (exact) mass is 285 g/mol. The summed E-state index contributed by atoms with van der Waals surface area (Å²) >= 11 is 0. The van der Waals surface area contributed by atoms with E-state index in [1.807, 2.05) is 24.3 Å².